The highest BCUT2D eigenvalue weighted by molar-refractivity contribution is 7.89. The molecular weight excluding hydrogens is 546 g/mol. The zero-order chi connectivity index (χ0) is 27.9. The second kappa shape index (κ2) is 10.5. The Bertz CT molecular complexity index is 1830. The van der Waals surface area contributed by atoms with Gasteiger partial charge in [0.25, 0.3) is 5.91 Å². The van der Waals surface area contributed by atoms with Gasteiger partial charge in [-0.05, 0) is 67.8 Å². The van der Waals surface area contributed by atoms with Crippen LogP contribution in [0.1, 0.15) is 34.1 Å². The number of aryl methyl sites for hydroxylation is 1. The van der Waals surface area contributed by atoms with Crippen molar-refractivity contribution in [1.29, 1.82) is 0 Å². The summed E-state index contributed by atoms with van der Waals surface area (Å²) < 4.78 is 36.4. The normalized spacial score (nSPS) is 13.8. The molecule has 1 aliphatic heterocycles. The summed E-state index contributed by atoms with van der Waals surface area (Å²) in [5, 5.41) is 8.03. The van der Waals surface area contributed by atoms with Gasteiger partial charge in [-0.2, -0.15) is 14.1 Å². The fourth-order valence-electron chi connectivity index (χ4n) is 4.80. The second-order valence-corrected chi connectivity index (χ2v) is 12.4. The predicted octanol–water partition coefficient (Wildman–Crippen LogP) is 5.19. The molecule has 0 spiro atoms. The van der Waals surface area contributed by atoms with Gasteiger partial charge in [-0.25, -0.2) is 13.4 Å². The highest BCUT2D eigenvalue weighted by atomic mass is 32.2. The lowest BCUT2D eigenvalue weighted by molar-refractivity contribution is 0.102. The zero-order valence-corrected chi connectivity index (χ0v) is 23.6. The van der Waals surface area contributed by atoms with Crippen LogP contribution in [0, 0.1) is 6.92 Å². The van der Waals surface area contributed by atoms with E-state index in [9.17, 15) is 13.2 Å². The zero-order valence-electron chi connectivity index (χ0n) is 22.0. The minimum atomic E-state index is -3.70. The predicted molar refractivity (Wildman–Crippen MR) is 155 cm³/mol. The molecule has 1 aliphatic rings. The van der Waals surface area contributed by atoms with E-state index in [2.05, 4.69) is 10.4 Å². The molecule has 1 amide bonds. The number of sulfonamides is 1. The van der Waals surface area contributed by atoms with Crippen LogP contribution in [0.25, 0.3) is 15.3 Å². The van der Waals surface area contributed by atoms with Crippen LogP contribution in [0.2, 0.25) is 0 Å². The lowest BCUT2D eigenvalue weighted by Crippen LogP contribution is -2.35. The summed E-state index contributed by atoms with van der Waals surface area (Å²) >= 11 is 1.44. The molecule has 0 bridgehead atoms. The van der Waals surface area contributed by atoms with E-state index in [0.717, 1.165) is 15.8 Å². The van der Waals surface area contributed by atoms with Crippen LogP contribution >= 0.6 is 11.3 Å². The van der Waals surface area contributed by atoms with Crippen LogP contribution in [0.5, 0.6) is 5.75 Å². The number of rotatable bonds is 7. The van der Waals surface area contributed by atoms with Gasteiger partial charge in [-0.3, -0.25) is 4.79 Å². The van der Waals surface area contributed by atoms with E-state index < -0.39 is 10.0 Å². The molecule has 0 saturated carbocycles. The van der Waals surface area contributed by atoms with E-state index in [-0.39, 0.29) is 10.8 Å². The Labute approximate surface area is 236 Å². The minimum Gasteiger partial charge on any atom is -0.492 e. The van der Waals surface area contributed by atoms with Gasteiger partial charge in [0.1, 0.15) is 17.1 Å². The molecule has 0 radical (unpaired) electrons. The van der Waals surface area contributed by atoms with E-state index in [0.29, 0.717) is 54.1 Å². The Hall–Kier alpha value is -4.06. The van der Waals surface area contributed by atoms with E-state index in [1.54, 1.807) is 10.7 Å². The van der Waals surface area contributed by atoms with Crippen molar-refractivity contribution in [3.8, 4) is 10.9 Å². The fraction of sp³-hybridized carbons (Fsp3) is 0.207. The third-order valence-electron chi connectivity index (χ3n) is 6.77. The summed E-state index contributed by atoms with van der Waals surface area (Å²) in [6, 6.07) is 21.4. The Morgan fingerprint density at radius 1 is 1.05 bits per heavy atom. The van der Waals surface area contributed by atoms with E-state index in [4.69, 9.17) is 9.72 Å². The van der Waals surface area contributed by atoms with Crippen molar-refractivity contribution in [2.24, 2.45) is 0 Å². The number of benzene rings is 3. The molecule has 6 rings (SSSR count). The molecule has 11 heteroatoms. The molecule has 9 nitrogen and oxygen atoms in total. The Kier molecular flexibility index (Phi) is 6.87. The Balaban J connectivity index is 1.22. The van der Waals surface area contributed by atoms with E-state index >= 15 is 0 Å². The van der Waals surface area contributed by atoms with Crippen molar-refractivity contribution in [3.05, 3.63) is 95.2 Å². The molecule has 40 heavy (non-hydrogen) atoms. The average molecular weight is 574 g/mol. The van der Waals surface area contributed by atoms with Gasteiger partial charge in [-0.15, -0.1) is 0 Å². The quantitative estimate of drug-likeness (QED) is 0.287. The van der Waals surface area contributed by atoms with E-state index in [1.165, 1.54) is 45.5 Å². The van der Waals surface area contributed by atoms with Crippen molar-refractivity contribution < 1.29 is 17.9 Å². The van der Waals surface area contributed by atoms with Gasteiger partial charge in [0.15, 0.2) is 0 Å². The molecule has 0 atom stereocenters. The van der Waals surface area contributed by atoms with Gasteiger partial charge in [0, 0.05) is 24.7 Å². The molecule has 3 heterocycles. The van der Waals surface area contributed by atoms with Crippen LogP contribution in [-0.4, -0.2) is 46.5 Å². The third kappa shape index (κ3) is 4.87. The van der Waals surface area contributed by atoms with Crippen molar-refractivity contribution in [2.45, 2.75) is 31.7 Å². The minimum absolute atomic E-state index is 0.156. The van der Waals surface area contributed by atoms with Crippen molar-refractivity contribution in [1.82, 2.24) is 19.1 Å². The van der Waals surface area contributed by atoms with Crippen LogP contribution < -0.4 is 10.1 Å². The highest BCUT2D eigenvalue weighted by Crippen LogP contribution is 2.33. The number of hydrogen-bond donors (Lipinski definition) is 1. The number of amides is 1. The van der Waals surface area contributed by atoms with E-state index in [1.807, 2.05) is 56.3 Å². The lowest BCUT2D eigenvalue weighted by atomic mass is 10.0. The standard InChI is InChI=1S/C29H27N5O4S2/c1-3-38-24-9-6-10-25-27(24)31-29(39-25)34-26(17-19(2)32-34)30-28(35)21-11-13-23(14-12-21)40(36,37)33-16-15-20-7-4-5-8-22(20)18-33/h4-14,17H,3,15-16,18H2,1-2H3,(H,30,35). The number of anilines is 1. The number of aromatic nitrogens is 3. The number of para-hydroxylation sites is 1. The molecular formula is C29H27N5O4S2. The molecule has 0 unspecified atom stereocenters. The largest absolute Gasteiger partial charge is 0.492 e. The lowest BCUT2D eigenvalue weighted by Gasteiger charge is -2.28. The molecule has 204 valence electrons. The molecule has 3 aromatic carbocycles. The Morgan fingerprint density at radius 2 is 1.82 bits per heavy atom. The Morgan fingerprint density at radius 3 is 2.60 bits per heavy atom. The first kappa shape index (κ1) is 26.2. The molecule has 2 aromatic heterocycles. The molecule has 1 N–H and O–H groups in total. The summed E-state index contributed by atoms with van der Waals surface area (Å²) in [6.07, 6.45) is 0.671. The maximum atomic E-state index is 13.3. The van der Waals surface area contributed by atoms with Crippen molar-refractivity contribution >= 4 is 43.3 Å². The summed E-state index contributed by atoms with van der Waals surface area (Å²) in [7, 11) is -3.70. The summed E-state index contributed by atoms with van der Waals surface area (Å²) in [5.41, 5.74) is 3.97. The first-order valence-electron chi connectivity index (χ1n) is 12.9. The number of ether oxygens (including phenoxy) is 1. The van der Waals surface area contributed by atoms with Crippen LogP contribution in [-0.2, 0) is 23.0 Å². The number of nitrogens with zero attached hydrogens (tertiary/aromatic N) is 4. The number of nitrogens with one attached hydrogen (secondary N) is 1. The third-order valence-corrected chi connectivity index (χ3v) is 9.63. The fourth-order valence-corrected chi connectivity index (χ4v) is 7.17. The molecule has 0 aliphatic carbocycles. The van der Waals surface area contributed by atoms with Crippen molar-refractivity contribution in [3.63, 3.8) is 0 Å². The first-order valence-corrected chi connectivity index (χ1v) is 15.2. The summed E-state index contributed by atoms with van der Waals surface area (Å²) in [5.74, 6) is 0.775. The number of fused-ring (bicyclic) bond motifs is 2. The van der Waals surface area contributed by atoms with Gasteiger partial charge >= 0.3 is 0 Å². The van der Waals surface area contributed by atoms with Gasteiger partial charge < -0.3 is 10.1 Å². The maximum absolute atomic E-state index is 13.3. The van der Waals surface area contributed by atoms with Gasteiger partial charge in [0.05, 0.1) is 21.9 Å². The summed E-state index contributed by atoms with van der Waals surface area (Å²) in [4.78, 5) is 18.0. The molecule has 0 fully saturated rings. The maximum Gasteiger partial charge on any atom is 0.256 e. The van der Waals surface area contributed by atoms with Gasteiger partial charge in [0.2, 0.25) is 15.2 Å². The number of carbonyl (C=O) groups excluding carboxylic acids is 1. The monoisotopic (exact) mass is 573 g/mol. The van der Waals surface area contributed by atoms with Gasteiger partial charge in [-0.1, -0.05) is 41.7 Å². The highest BCUT2D eigenvalue weighted by Gasteiger charge is 2.28. The average Bonchev–Trinajstić information content (AvgIpc) is 3.56. The van der Waals surface area contributed by atoms with Crippen molar-refractivity contribution in [2.75, 3.05) is 18.5 Å². The van der Waals surface area contributed by atoms with Crippen LogP contribution in [0.3, 0.4) is 0 Å². The SMILES string of the molecule is CCOc1cccc2sc(-n3nc(C)cc3NC(=O)c3ccc(S(=O)(=O)N4CCc5ccccc5C4)cc3)nc12. The van der Waals surface area contributed by atoms with Crippen LogP contribution in [0.4, 0.5) is 5.82 Å². The molecule has 5 aromatic rings. The topological polar surface area (TPSA) is 106 Å². The number of thiazole rings is 1. The van der Waals surface area contributed by atoms with Crippen LogP contribution in [0.15, 0.2) is 77.7 Å². The first-order chi connectivity index (χ1) is 19.3. The smallest absolute Gasteiger partial charge is 0.256 e. The number of hydrogen-bond acceptors (Lipinski definition) is 7. The second-order valence-electron chi connectivity index (χ2n) is 9.45. The summed E-state index contributed by atoms with van der Waals surface area (Å²) in [6.45, 7) is 5.04. The molecule has 0 saturated heterocycles. The number of carbonyl (C=O) groups is 1.